The lowest BCUT2D eigenvalue weighted by Gasteiger charge is -2.29. The number of ether oxygens (including phenoxy) is 2. The summed E-state index contributed by atoms with van der Waals surface area (Å²) in [5.41, 5.74) is 0. The Bertz CT molecular complexity index is 297. The van der Waals surface area contributed by atoms with E-state index in [2.05, 4.69) is 5.32 Å². The van der Waals surface area contributed by atoms with Crippen LogP contribution in [0.4, 0.5) is 0 Å². The summed E-state index contributed by atoms with van der Waals surface area (Å²) in [5, 5.41) is 3.53. The van der Waals surface area contributed by atoms with E-state index in [1.807, 2.05) is 6.08 Å². The van der Waals surface area contributed by atoms with Gasteiger partial charge in [-0.25, -0.2) is 4.79 Å². The van der Waals surface area contributed by atoms with Crippen molar-refractivity contribution in [2.24, 2.45) is 0 Å². The average molecular weight is 253 g/mol. The fourth-order valence-corrected chi connectivity index (χ4v) is 2.74. The van der Waals surface area contributed by atoms with E-state index in [-0.39, 0.29) is 18.2 Å². The van der Waals surface area contributed by atoms with Gasteiger partial charge in [-0.1, -0.05) is 12.5 Å². The molecule has 2 rings (SSSR count). The molecule has 0 aromatic carbocycles. The van der Waals surface area contributed by atoms with Crippen LogP contribution in [-0.4, -0.2) is 37.9 Å². The van der Waals surface area contributed by atoms with E-state index in [9.17, 15) is 4.79 Å². The van der Waals surface area contributed by atoms with Gasteiger partial charge < -0.3 is 14.8 Å². The lowest BCUT2D eigenvalue weighted by Crippen LogP contribution is -2.38. The standard InChI is InChI=1S/C14H23NO3/c1-17-13(9-11-5-2-3-8-15-11)10-12-6-4-7-14(16)18-12/h4,7,11-13,15H,2-3,5-6,8-10H2,1H3/t11-,12+,13+/m0/s1. The Labute approximate surface area is 109 Å². The zero-order chi connectivity index (χ0) is 12.8. The molecule has 0 radical (unpaired) electrons. The molecular formula is C14H23NO3. The van der Waals surface area contributed by atoms with Crippen molar-refractivity contribution in [2.45, 2.75) is 56.8 Å². The summed E-state index contributed by atoms with van der Waals surface area (Å²) in [6.45, 7) is 1.11. The molecule has 18 heavy (non-hydrogen) atoms. The molecule has 102 valence electrons. The van der Waals surface area contributed by atoms with Crippen molar-refractivity contribution in [3.8, 4) is 0 Å². The van der Waals surface area contributed by atoms with Crippen LogP contribution in [0, 0.1) is 0 Å². The summed E-state index contributed by atoms with van der Waals surface area (Å²) in [7, 11) is 1.74. The number of nitrogens with one attached hydrogen (secondary N) is 1. The van der Waals surface area contributed by atoms with E-state index >= 15 is 0 Å². The number of carbonyl (C=O) groups excluding carboxylic acids is 1. The molecular weight excluding hydrogens is 230 g/mol. The zero-order valence-corrected chi connectivity index (χ0v) is 11.1. The van der Waals surface area contributed by atoms with E-state index < -0.39 is 0 Å². The summed E-state index contributed by atoms with van der Waals surface area (Å²) in [6.07, 6.45) is 9.96. The molecule has 1 saturated heterocycles. The van der Waals surface area contributed by atoms with Crippen molar-refractivity contribution in [3.63, 3.8) is 0 Å². The highest BCUT2D eigenvalue weighted by molar-refractivity contribution is 5.82. The van der Waals surface area contributed by atoms with Crippen molar-refractivity contribution in [2.75, 3.05) is 13.7 Å². The van der Waals surface area contributed by atoms with Crippen molar-refractivity contribution in [1.29, 1.82) is 0 Å². The second-order valence-corrected chi connectivity index (χ2v) is 5.17. The van der Waals surface area contributed by atoms with Gasteiger partial charge in [0.1, 0.15) is 6.10 Å². The second kappa shape index (κ2) is 6.90. The van der Waals surface area contributed by atoms with Crippen LogP contribution >= 0.6 is 0 Å². The highest BCUT2D eigenvalue weighted by Gasteiger charge is 2.24. The summed E-state index contributed by atoms with van der Waals surface area (Å²) in [5.74, 6) is -0.225. The molecule has 0 aromatic rings. The maximum atomic E-state index is 11.2. The van der Waals surface area contributed by atoms with Crippen molar-refractivity contribution in [1.82, 2.24) is 5.32 Å². The largest absolute Gasteiger partial charge is 0.459 e. The molecule has 0 spiro atoms. The van der Waals surface area contributed by atoms with E-state index in [0.29, 0.717) is 6.04 Å². The molecule has 1 N–H and O–H groups in total. The number of methoxy groups -OCH3 is 1. The molecule has 0 aliphatic carbocycles. The SMILES string of the molecule is CO[C@H](C[C@@H]1CCCCN1)C[C@H]1CC=CC(=O)O1. The van der Waals surface area contributed by atoms with Crippen LogP contribution in [0.1, 0.15) is 38.5 Å². The number of rotatable bonds is 5. The Morgan fingerprint density at radius 3 is 3.06 bits per heavy atom. The van der Waals surface area contributed by atoms with Crippen LogP contribution in [0.2, 0.25) is 0 Å². The van der Waals surface area contributed by atoms with Gasteiger partial charge >= 0.3 is 5.97 Å². The van der Waals surface area contributed by atoms with E-state index in [4.69, 9.17) is 9.47 Å². The molecule has 4 heteroatoms. The van der Waals surface area contributed by atoms with Gasteiger partial charge in [-0.15, -0.1) is 0 Å². The quantitative estimate of drug-likeness (QED) is 0.759. The van der Waals surface area contributed by atoms with Crippen LogP contribution < -0.4 is 5.32 Å². The van der Waals surface area contributed by atoms with Gasteiger partial charge in [0, 0.05) is 32.1 Å². The molecule has 2 heterocycles. The number of esters is 1. The fraction of sp³-hybridized carbons (Fsp3) is 0.786. The first-order valence-electron chi connectivity index (χ1n) is 6.91. The Hall–Kier alpha value is -0.870. The first-order valence-corrected chi connectivity index (χ1v) is 6.91. The Morgan fingerprint density at radius 2 is 2.39 bits per heavy atom. The molecule has 1 fully saturated rings. The van der Waals surface area contributed by atoms with Gasteiger partial charge in [0.2, 0.25) is 0 Å². The molecule has 0 aromatic heterocycles. The van der Waals surface area contributed by atoms with Crippen LogP contribution in [-0.2, 0) is 14.3 Å². The smallest absolute Gasteiger partial charge is 0.330 e. The first-order chi connectivity index (χ1) is 8.78. The predicted molar refractivity (Wildman–Crippen MR) is 69.3 cm³/mol. The average Bonchev–Trinajstić information content (AvgIpc) is 2.39. The van der Waals surface area contributed by atoms with Crippen LogP contribution in [0.25, 0.3) is 0 Å². The molecule has 0 saturated carbocycles. The maximum absolute atomic E-state index is 11.2. The van der Waals surface area contributed by atoms with E-state index in [1.54, 1.807) is 7.11 Å². The number of hydrogen-bond donors (Lipinski definition) is 1. The van der Waals surface area contributed by atoms with E-state index in [1.165, 1.54) is 25.3 Å². The van der Waals surface area contributed by atoms with Gasteiger partial charge in [-0.3, -0.25) is 0 Å². The molecule has 2 aliphatic rings. The topological polar surface area (TPSA) is 47.6 Å². The predicted octanol–water partition coefficient (Wildman–Crippen LogP) is 1.80. The lowest BCUT2D eigenvalue weighted by atomic mass is 9.95. The van der Waals surface area contributed by atoms with Gasteiger partial charge in [-0.05, 0) is 25.8 Å². The van der Waals surface area contributed by atoms with E-state index in [0.717, 1.165) is 25.8 Å². The third-order valence-electron chi connectivity index (χ3n) is 3.75. The van der Waals surface area contributed by atoms with Crippen molar-refractivity contribution >= 4 is 5.97 Å². The summed E-state index contributed by atoms with van der Waals surface area (Å²) in [6, 6.07) is 0.554. The monoisotopic (exact) mass is 253 g/mol. The van der Waals surface area contributed by atoms with Crippen molar-refractivity contribution in [3.05, 3.63) is 12.2 Å². The molecule has 4 nitrogen and oxygen atoms in total. The molecule has 2 aliphatic heterocycles. The number of cyclic esters (lactones) is 1. The minimum Gasteiger partial charge on any atom is -0.459 e. The minimum atomic E-state index is -0.225. The molecule has 0 unspecified atom stereocenters. The third kappa shape index (κ3) is 4.10. The molecule has 0 amide bonds. The Kier molecular flexibility index (Phi) is 5.20. The van der Waals surface area contributed by atoms with Gasteiger partial charge in [-0.2, -0.15) is 0 Å². The Balaban J connectivity index is 1.77. The molecule has 3 atom stereocenters. The summed E-state index contributed by atoms with van der Waals surface area (Å²) >= 11 is 0. The summed E-state index contributed by atoms with van der Waals surface area (Å²) < 4.78 is 10.8. The summed E-state index contributed by atoms with van der Waals surface area (Å²) in [4.78, 5) is 11.2. The third-order valence-corrected chi connectivity index (χ3v) is 3.75. The second-order valence-electron chi connectivity index (χ2n) is 5.17. The Morgan fingerprint density at radius 1 is 1.50 bits per heavy atom. The fourth-order valence-electron chi connectivity index (χ4n) is 2.74. The van der Waals surface area contributed by atoms with Crippen LogP contribution in [0.3, 0.4) is 0 Å². The van der Waals surface area contributed by atoms with Gasteiger partial charge in [0.25, 0.3) is 0 Å². The number of hydrogen-bond acceptors (Lipinski definition) is 4. The maximum Gasteiger partial charge on any atom is 0.330 e. The lowest BCUT2D eigenvalue weighted by molar-refractivity contribution is -0.145. The minimum absolute atomic E-state index is 0.0176. The van der Waals surface area contributed by atoms with Gasteiger partial charge in [0.05, 0.1) is 6.10 Å². The van der Waals surface area contributed by atoms with Gasteiger partial charge in [0.15, 0.2) is 0 Å². The van der Waals surface area contributed by atoms with Crippen molar-refractivity contribution < 1.29 is 14.3 Å². The molecule has 0 bridgehead atoms. The highest BCUT2D eigenvalue weighted by Crippen LogP contribution is 2.20. The first kappa shape index (κ1) is 13.6. The van der Waals surface area contributed by atoms with Crippen LogP contribution in [0.5, 0.6) is 0 Å². The number of piperidine rings is 1. The zero-order valence-electron chi connectivity index (χ0n) is 11.1. The van der Waals surface area contributed by atoms with Crippen LogP contribution in [0.15, 0.2) is 12.2 Å². The normalized spacial score (nSPS) is 29.9. The highest BCUT2D eigenvalue weighted by atomic mass is 16.5. The number of carbonyl (C=O) groups is 1.